The normalized spacial score (nSPS) is 15.0. The van der Waals surface area contributed by atoms with Crippen molar-refractivity contribution in [2.75, 3.05) is 43.6 Å². The van der Waals surface area contributed by atoms with E-state index in [9.17, 15) is 0 Å². The largest absolute Gasteiger partial charge is 0.387 e. The molecule has 1 aliphatic heterocycles. The van der Waals surface area contributed by atoms with E-state index in [4.69, 9.17) is 16.3 Å². The van der Waals surface area contributed by atoms with Gasteiger partial charge in [0.05, 0.1) is 36.5 Å². The minimum absolute atomic E-state index is 0.484. The molecule has 5 nitrogen and oxygen atoms in total. The lowest BCUT2D eigenvalue weighted by Crippen LogP contribution is -2.36. The van der Waals surface area contributed by atoms with Crippen LogP contribution in [0.4, 0.5) is 11.4 Å². The first-order valence-corrected chi connectivity index (χ1v) is 7.70. The number of ether oxygens (including phenoxy) is 1. The van der Waals surface area contributed by atoms with Crippen LogP contribution in [-0.4, -0.2) is 43.3 Å². The first-order chi connectivity index (χ1) is 10.7. The molecule has 22 heavy (non-hydrogen) atoms. The molecule has 0 unspecified atom stereocenters. The highest BCUT2D eigenvalue weighted by Gasteiger charge is 2.16. The number of morpholine rings is 1. The van der Waals surface area contributed by atoms with Gasteiger partial charge in [0.2, 0.25) is 0 Å². The van der Waals surface area contributed by atoms with Crippen LogP contribution in [0.1, 0.15) is 5.69 Å². The van der Waals surface area contributed by atoms with Crippen molar-refractivity contribution in [3.05, 3.63) is 35.4 Å². The zero-order valence-corrected chi connectivity index (χ0v) is 13.5. The van der Waals surface area contributed by atoms with E-state index in [1.807, 2.05) is 26.2 Å². The van der Waals surface area contributed by atoms with Crippen LogP contribution in [0.25, 0.3) is 11.1 Å². The summed E-state index contributed by atoms with van der Waals surface area (Å²) in [6, 6.07) is 4.13. The Labute approximate surface area is 135 Å². The second-order valence-corrected chi connectivity index (χ2v) is 5.60. The Kier molecular flexibility index (Phi) is 4.45. The second kappa shape index (κ2) is 6.50. The number of pyridine rings is 2. The van der Waals surface area contributed by atoms with E-state index in [0.29, 0.717) is 5.15 Å². The van der Waals surface area contributed by atoms with Gasteiger partial charge >= 0.3 is 0 Å². The smallest absolute Gasteiger partial charge is 0.137 e. The van der Waals surface area contributed by atoms with Crippen LogP contribution in [0.3, 0.4) is 0 Å². The first-order valence-electron chi connectivity index (χ1n) is 7.32. The molecule has 2 aromatic heterocycles. The van der Waals surface area contributed by atoms with Crippen molar-refractivity contribution < 1.29 is 4.74 Å². The van der Waals surface area contributed by atoms with E-state index >= 15 is 0 Å². The standard InChI is InChI=1S/C16H19ClN4O/c1-11-15(21-3-5-22-6-4-21)7-12(9-19-11)14-8-13(18-2)10-20-16(14)17/h7-10,18H,3-6H2,1-2H3. The third-order valence-electron chi connectivity index (χ3n) is 3.85. The average molecular weight is 319 g/mol. The average Bonchev–Trinajstić information content (AvgIpc) is 2.57. The summed E-state index contributed by atoms with van der Waals surface area (Å²) in [5.41, 5.74) is 4.93. The Morgan fingerprint density at radius 3 is 2.68 bits per heavy atom. The van der Waals surface area contributed by atoms with Gasteiger partial charge < -0.3 is 15.0 Å². The number of aryl methyl sites for hydroxylation is 1. The van der Waals surface area contributed by atoms with Crippen molar-refractivity contribution in [2.45, 2.75) is 6.92 Å². The Morgan fingerprint density at radius 1 is 1.18 bits per heavy atom. The Morgan fingerprint density at radius 2 is 1.95 bits per heavy atom. The molecule has 1 fully saturated rings. The number of nitrogens with one attached hydrogen (secondary N) is 1. The molecule has 0 aromatic carbocycles. The second-order valence-electron chi connectivity index (χ2n) is 5.24. The Balaban J connectivity index is 2.01. The summed E-state index contributed by atoms with van der Waals surface area (Å²) in [4.78, 5) is 11.1. The van der Waals surface area contributed by atoms with Crippen LogP contribution in [0, 0.1) is 6.92 Å². The van der Waals surface area contributed by atoms with Crippen molar-refractivity contribution in [3.63, 3.8) is 0 Å². The van der Waals surface area contributed by atoms with Crippen molar-refractivity contribution in [2.24, 2.45) is 0 Å². The molecule has 0 amide bonds. The van der Waals surface area contributed by atoms with Gasteiger partial charge in [-0.1, -0.05) is 11.6 Å². The molecule has 0 saturated carbocycles. The molecule has 1 N–H and O–H groups in total. The highest BCUT2D eigenvalue weighted by atomic mass is 35.5. The molecule has 3 rings (SSSR count). The number of anilines is 2. The van der Waals surface area contributed by atoms with Crippen LogP contribution in [0.2, 0.25) is 5.15 Å². The molecular weight excluding hydrogens is 300 g/mol. The number of nitrogens with zero attached hydrogens (tertiary/aromatic N) is 3. The number of halogens is 1. The molecule has 0 aliphatic carbocycles. The maximum Gasteiger partial charge on any atom is 0.137 e. The number of rotatable bonds is 3. The molecule has 0 atom stereocenters. The molecule has 1 aliphatic rings. The Hall–Kier alpha value is -1.85. The maximum absolute atomic E-state index is 6.27. The minimum atomic E-state index is 0.484. The van der Waals surface area contributed by atoms with Gasteiger partial charge in [-0.25, -0.2) is 4.98 Å². The number of hydrogen-bond donors (Lipinski definition) is 1. The fourth-order valence-electron chi connectivity index (χ4n) is 2.58. The van der Waals surface area contributed by atoms with Gasteiger partial charge in [-0.3, -0.25) is 4.98 Å². The van der Waals surface area contributed by atoms with Gasteiger partial charge in [-0.2, -0.15) is 0 Å². The van der Waals surface area contributed by atoms with Crippen molar-refractivity contribution in [1.82, 2.24) is 9.97 Å². The van der Waals surface area contributed by atoms with Gasteiger partial charge in [0.1, 0.15) is 5.15 Å². The van der Waals surface area contributed by atoms with Crippen LogP contribution in [0.5, 0.6) is 0 Å². The summed E-state index contributed by atoms with van der Waals surface area (Å²) >= 11 is 6.27. The van der Waals surface area contributed by atoms with E-state index in [0.717, 1.165) is 54.5 Å². The predicted octanol–water partition coefficient (Wildman–Crippen LogP) is 2.98. The van der Waals surface area contributed by atoms with Crippen molar-refractivity contribution in [3.8, 4) is 11.1 Å². The third-order valence-corrected chi connectivity index (χ3v) is 4.15. The van der Waals surface area contributed by atoms with E-state index < -0.39 is 0 Å². The number of hydrogen-bond acceptors (Lipinski definition) is 5. The summed E-state index contributed by atoms with van der Waals surface area (Å²) in [7, 11) is 1.86. The SMILES string of the molecule is CNc1cnc(Cl)c(-c2cnc(C)c(N3CCOCC3)c2)c1. The molecule has 0 spiro atoms. The fraction of sp³-hybridized carbons (Fsp3) is 0.375. The molecule has 1 saturated heterocycles. The monoisotopic (exact) mass is 318 g/mol. The minimum Gasteiger partial charge on any atom is -0.387 e. The van der Waals surface area contributed by atoms with Crippen molar-refractivity contribution in [1.29, 1.82) is 0 Å². The van der Waals surface area contributed by atoms with E-state index in [1.165, 1.54) is 0 Å². The summed E-state index contributed by atoms with van der Waals surface area (Å²) in [5.74, 6) is 0. The molecule has 2 aromatic rings. The highest BCUT2D eigenvalue weighted by Crippen LogP contribution is 2.32. The van der Waals surface area contributed by atoms with Crippen molar-refractivity contribution >= 4 is 23.0 Å². The number of aromatic nitrogens is 2. The van der Waals surface area contributed by atoms with E-state index in [-0.39, 0.29) is 0 Å². The quantitative estimate of drug-likeness (QED) is 0.882. The summed E-state index contributed by atoms with van der Waals surface area (Å²) in [6.07, 6.45) is 3.57. The van der Waals surface area contributed by atoms with Gasteiger partial charge in [0, 0.05) is 37.5 Å². The summed E-state index contributed by atoms with van der Waals surface area (Å²) in [5, 5.41) is 3.57. The molecular formula is C16H19ClN4O. The third kappa shape index (κ3) is 3.00. The van der Waals surface area contributed by atoms with Gasteiger partial charge in [-0.15, -0.1) is 0 Å². The molecule has 116 valence electrons. The lowest BCUT2D eigenvalue weighted by molar-refractivity contribution is 0.122. The predicted molar refractivity (Wildman–Crippen MR) is 89.8 cm³/mol. The highest BCUT2D eigenvalue weighted by molar-refractivity contribution is 6.32. The first kappa shape index (κ1) is 15.1. The molecule has 6 heteroatoms. The zero-order valence-electron chi connectivity index (χ0n) is 12.8. The Bertz CT molecular complexity index is 671. The topological polar surface area (TPSA) is 50.3 Å². The van der Waals surface area contributed by atoms with Gasteiger partial charge in [-0.05, 0) is 19.1 Å². The summed E-state index contributed by atoms with van der Waals surface area (Å²) in [6.45, 7) is 5.30. The molecule has 0 bridgehead atoms. The van der Waals surface area contributed by atoms with Crippen LogP contribution in [-0.2, 0) is 4.74 Å². The fourth-order valence-corrected chi connectivity index (χ4v) is 2.79. The molecule has 3 heterocycles. The van der Waals surface area contributed by atoms with Crippen LogP contribution < -0.4 is 10.2 Å². The molecule has 0 radical (unpaired) electrons. The van der Waals surface area contributed by atoms with E-state index in [2.05, 4.69) is 26.3 Å². The van der Waals surface area contributed by atoms with Gasteiger partial charge in [0.15, 0.2) is 0 Å². The summed E-state index contributed by atoms with van der Waals surface area (Å²) < 4.78 is 5.42. The zero-order chi connectivity index (χ0) is 15.5. The van der Waals surface area contributed by atoms with Crippen LogP contribution >= 0.6 is 11.6 Å². The van der Waals surface area contributed by atoms with Gasteiger partial charge in [0.25, 0.3) is 0 Å². The lowest BCUT2D eigenvalue weighted by Gasteiger charge is -2.30. The van der Waals surface area contributed by atoms with E-state index in [1.54, 1.807) is 6.20 Å². The maximum atomic E-state index is 6.27. The lowest BCUT2D eigenvalue weighted by atomic mass is 10.1. The van der Waals surface area contributed by atoms with Crippen LogP contribution in [0.15, 0.2) is 24.5 Å².